The van der Waals surface area contributed by atoms with Crippen LogP contribution in [0.2, 0.25) is 0 Å². The topological polar surface area (TPSA) is 239 Å². The Hall–Kier alpha value is -2.05. The van der Waals surface area contributed by atoms with Crippen LogP contribution in [0.1, 0.15) is 106 Å². The average Bonchev–Trinajstić information content (AvgIpc) is 3.16. The number of ether oxygens (including phenoxy) is 5. The van der Waals surface area contributed by atoms with Crippen LogP contribution >= 0.6 is 0 Å². The molecular weight excluding hydrogens is 756 g/mol. The quantitative estimate of drug-likeness (QED) is 0.144. The van der Waals surface area contributed by atoms with E-state index in [1.54, 1.807) is 0 Å². The van der Waals surface area contributed by atoms with E-state index in [0.29, 0.717) is 19.3 Å². The molecule has 6 fully saturated rings. The number of ketones is 1. The third-order valence-corrected chi connectivity index (χ3v) is 17.4. The molecule has 15 heteroatoms. The standard InChI is InChI=1S/C43H66O15/c1-38(2)24-9-12-43(7)33(22(45)17-20-21-18-40(4,37(53)54-8)14-13-39(21,3)15-16-42(20,43)6)41(24,5)11-10-25(38)56-36-30(50)31(26(46)23(19-44)55-36)57-35-29(49)27(47)28(48)32(58-35)34(51)52/h17,21,23-33,35-36,44,46-50H,9-16,18-19H2,1-8H3,(H,51,52)/t21-,23+,24-,25-,26+,27-,28-,29+,30+,31-,32-,33+,35+,36-,39+,40-,41-,42+,43+/m0/s1. The minimum absolute atomic E-state index is 0.00436. The number of aliphatic hydroxyl groups is 6. The Morgan fingerprint density at radius 3 is 2.09 bits per heavy atom. The van der Waals surface area contributed by atoms with Crippen molar-refractivity contribution in [2.75, 3.05) is 13.7 Å². The van der Waals surface area contributed by atoms with E-state index in [1.807, 2.05) is 13.0 Å². The lowest BCUT2D eigenvalue weighted by molar-refractivity contribution is -0.366. The lowest BCUT2D eigenvalue weighted by Gasteiger charge is -2.70. The predicted octanol–water partition coefficient (Wildman–Crippen LogP) is 2.24. The third-order valence-electron chi connectivity index (χ3n) is 17.4. The molecule has 0 aromatic heterocycles. The smallest absolute Gasteiger partial charge is 0.335 e. The second-order valence-electron chi connectivity index (χ2n) is 20.8. The Labute approximate surface area is 340 Å². The Morgan fingerprint density at radius 1 is 0.793 bits per heavy atom. The van der Waals surface area contributed by atoms with E-state index in [-0.39, 0.29) is 45.8 Å². The molecule has 0 radical (unpaired) electrons. The van der Waals surface area contributed by atoms with E-state index in [0.717, 1.165) is 38.5 Å². The monoisotopic (exact) mass is 822 g/mol. The van der Waals surface area contributed by atoms with Crippen molar-refractivity contribution in [3.63, 3.8) is 0 Å². The number of carboxylic acids is 1. The second kappa shape index (κ2) is 14.8. The number of carboxylic acid groups (broad SMARTS) is 1. The summed E-state index contributed by atoms with van der Waals surface area (Å²) in [6.45, 7) is 14.8. The lowest BCUT2D eigenvalue weighted by Crippen LogP contribution is -2.68. The molecule has 0 amide bonds. The predicted molar refractivity (Wildman–Crippen MR) is 203 cm³/mol. The highest BCUT2D eigenvalue weighted by Gasteiger charge is 2.71. The highest BCUT2D eigenvalue weighted by atomic mass is 16.7. The molecule has 19 atom stereocenters. The highest BCUT2D eigenvalue weighted by Crippen LogP contribution is 2.75. The lowest BCUT2D eigenvalue weighted by atomic mass is 9.33. The van der Waals surface area contributed by atoms with Gasteiger partial charge in [0.15, 0.2) is 24.5 Å². The summed E-state index contributed by atoms with van der Waals surface area (Å²) in [7, 11) is 1.45. The van der Waals surface area contributed by atoms with Gasteiger partial charge in [-0.25, -0.2) is 4.79 Å². The van der Waals surface area contributed by atoms with Crippen molar-refractivity contribution < 1.29 is 73.8 Å². The SMILES string of the molecule is COC(=O)[C@@]1(C)CC[C@]2(C)CC[C@]3(C)C(=CC(=O)[C@@H]4[C@@]5(C)CC[C@H](O[C@@H]6O[C@H](CO)[C@@H](O)[C@H](O[C@@H]7O[C@H](C(=O)O)[C@@H](O)[C@H](O)[C@H]7O)[C@H]6O)C(C)(C)[C@@H]5CC[C@]43C)[C@@H]2C1. The maximum absolute atomic E-state index is 14.9. The first-order valence-corrected chi connectivity index (χ1v) is 21.1. The molecule has 0 aromatic rings. The van der Waals surface area contributed by atoms with Crippen molar-refractivity contribution in [3.05, 3.63) is 11.6 Å². The molecule has 0 unspecified atom stereocenters. The summed E-state index contributed by atoms with van der Waals surface area (Å²) >= 11 is 0. The molecule has 328 valence electrons. The van der Waals surface area contributed by atoms with Gasteiger partial charge in [0.2, 0.25) is 0 Å². The van der Waals surface area contributed by atoms with Gasteiger partial charge in [-0.05, 0) is 110 Å². The van der Waals surface area contributed by atoms with Gasteiger partial charge < -0.3 is 59.4 Å². The summed E-state index contributed by atoms with van der Waals surface area (Å²) in [4.78, 5) is 39.7. The highest BCUT2D eigenvalue weighted by molar-refractivity contribution is 5.95. The van der Waals surface area contributed by atoms with Gasteiger partial charge >= 0.3 is 11.9 Å². The van der Waals surface area contributed by atoms with E-state index in [2.05, 4.69) is 41.5 Å². The number of hydrogen-bond donors (Lipinski definition) is 7. The van der Waals surface area contributed by atoms with Crippen LogP contribution in [0.5, 0.6) is 0 Å². The van der Waals surface area contributed by atoms with Gasteiger partial charge in [-0.1, -0.05) is 47.1 Å². The summed E-state index contributed by atoms with van der Waals surface area (Å²) in [5, 5.41) is 73.4. The van der Waals surface area contributed by atoms with Crippen molar-refractivity contribution in [1.82, 2.24) is 0 Å². The van der Waals surface area contributed by atoms with Gasteiger partial charge in [-0.15, -0.1) is 0 Å². The van der Waals surface area contributed by atoms with E-state index in [9.17, 15) is 50.1 Å². The van der Waals surface area contributed by atoms with Crippen LogP contribution in [-0.2, 0) is 38.1 Å². The molecule has 7 rings (SSSR count). The van der Waals surface area contributed by atoms with Gasteiger partial charge in [0.25, 0.3) is 0 Å². The molecule has 4 saturated carbocycles. The van der Waals surface area contributed by atoms with Crippen molar-refractivity contribution in [1.29, 1.82) is 0 Å². The number of aliphatic hydroxyl groups excluding tert-OH is 6. The normalized spacial score (nSPS) is 52.6. The third kappa shape index (κ3) is 6.38. The molecule has 0 spiro atoms. The largest absolute Gasteiger partial charge is 0.479 e. The first-order chi connectivity index (χ1) is 26.9. The van der Waals surface area contributed by atoms with Crippen molar-refractivity contribution in [2.45, 2.75) is 174 Å². The summed E-state index contributed by atoms with van der Waals surface area (Å²) in [5.74, 6) is -1.82. The minimum atomic E-state index is -1.97. The minimum Gasteiger partial charge on any atom is -0.479 e. The number of aliphatic carboxylic acids is 1. The first-order valence-electron chi connectivity index (χ1n) is 21.1. The van der Waals surface area contributed by atoms with Crippen LogP contribution in [0.25, 0.3) is 0 Å². The van der Waals surface area contributed by atoms with Gasteiger partial charge in [0, 0.05) is 5.92 Å². The number of carbonyl (C=O) groups excluding carboxylic acids is 2. The van der Waals surface area contributed by atoms with Crippen LogP contribution < -0.4 is 0 Å². The van der Waals surface area contributed by atoms with Crippen LogP contribution in [0.15, 0.2) is 11.6 Å². The molecule has 2 aliphatic heterocycles. The van der Waals surface area contributed by atoms with E-state index >= 15 is 0 Å². The van der Waals surface area contributed by atoms with Gasteiger partial charge in [-0.2, -0.15) is 0 Å². The molecule has 0 bridgehead atoms. The Kier molecular flexibility index (Phi) is 11.2. The Bertz CT molecular complexity index is 1670. The van der Waals surface area contributed by atoms with Gasteiger partial charge in [-0.3, -0.25) is 9.59 Å². The van der Waals surface area contributed by atoms with Crippen LogP contribution in [0, 0.1) is 50.2 Å². The molecule has 0 aromatic carbocycles. The van der Waals surface area contributed by atoms with Crippen molar-refractivity contribution in [3.8, 4) is 0 Å². The van der Waals surface area contributed by atoms with Crippen LogP contribution in [-0.4, -0.2) is 135 Å². The number of esters is 1. The molecule has 2 heterocycles. The van der Waals surface area contributed by atoms with Gasteiger partial charge in [0.05, 0.1) is 25.2 Å². The molecule has 2 saturated heterocycles. The maximum Gasteiger partial charge on any atom is 0.335 e. The number of fused-ring (bicyclic) bond motifs is 7. The average molecular weight is 823 g/mol. The maximum atomic E-state index is 14.9. The number of carbonyl (C=O) groups is 3. The van der Waals surface area contributed by atoms with E-state index in [4.69, 9.17) is 23.7 Å². The number of methoxy groups -OCH3 is 1. The fraction of sp³-hybridized carbons (Fsp3) is 0.884. The van der Waals surface area contributed by atoms with E-state index < -0.39 is 96.3 Å². The van der Waals surface area contributed by atoms with E-state index in [1.165, 1.54) is 12.7 Å². The van der Waals surface area contributed by atoms with Gasteiger partial charge in [0.1, 0.15) is 42.7 Å². The van der Waals surface area contributed by atoms with Crippen molar-refractivity contribution in [2.24, 2.45) is 50.2 Å². The van der Waals surface area contributed by atoms with Crippen LogP contribution in [0.3, 0.4) is 0 Å². The molecule has 7 N–H and O–H groups in total. The molecular formula is C43H66O15. The Balaban J connectivity index is 1.13. The summed E-state index contributed by atoms with van der Waals surface area (Å²) < 4.78 is 28.8. The second-order valence-corrected chi connectivity index (χ2v) is 20.8. The summed E-state index contributed by atoms with van der Waals surface area (Å²) in [5.41, 5.74) is -0.964. The summed E-state index contributed by atoms with van der Waals surface area (Å²) in [6.07, 6.45) is -8.97. The number of hydrogen-bond acceptors (Lipinski definition) is 14. The summed E-state index contributed by atoms with van der Waals surface area (Å²) in [6, 6.07) is 0. The molecule has 58 heavy (non-hydrogen) atoms. The molecule has 15 nitrogen and oxygen atoms in total. The fourth-order valence-corrected chi connectivity index (χ4v) is 13.6. The molecule has 5 aliphatic carbocycles. The zero-order valence-electron chi connectivity index (χ0n) is 35.1. The number of allylic oxidation sites excluding steroid dienone is 2. The zero-order chi connectivity index (χ0) is 42.7. The first kappa shape index (κ1) is 44.0. The van der Waals surface area contributed by atoms with Crippen LogP contribution in [0.4, 0.5) is 0 Å². The molecule has 7 aliphatic rings. The van der Waals surface area contributed by atoms with Crippen molar-refractivity contribution >= 4 is 17.7 Å². The fourth-order valence-electron chi connectivity index (χ4n) is 13.6. The number of rotatable bonds is 7. The zero-order valence-corrected chi connectivity index (χ0v) is 35.1. The Morgan fingerprint density at radius 2 is 1.45 bits per heavy atom.